The fraction of sp³-hybridized carbons (Fsp3) is 0.591. The van der Waals surface area contributed by atoms with Crippen LogP contribution in [0.2, 0.25) is 0 Å². The SMILES string of the molecule is COc1ccc2c(C[NH2+]CC3([NH+]4CCOCC4)CCCCC3)cc(=O)oc2c1. The number of quaternary nitrogens is 2. The molecule has 1 aliphatic heterocycles. The molecule has 1 saturated heterocycles. The minimum atomic E-state index is -0.296. The second-order valence-corrected chi connectivity index (χ2v) is 8.21. The molecule has 1 saturated carbocycles. The van der Waals surface area contributed by atoms with Crippen molar-refractivity contribution in [1.29, 1.82) is 0 Å². The summed E-state index contributed by atoms with van der Waals surface area (Å²) in [6.45, 7) is 5.88. The van der Waals surface area contributed by atoms with E-state index in [4.69, 9.17) is 13.9 Å². The highest BCUT2D eigenvalue weighted by Gasteiger charge is 2.44. The first-order valence-electron chi connectivity index (χ1n) is 10.6. The Morgan fingerprint density at radius 2 is 1.93 bits per heavy atom. The lowest BCUT2D eigenvalue weighted by atomic mass is 9.79. The van der Waals surface area contributed by atoms with Crippen LogP contribution >= 0.6 is 0 Å². The van der Waals surface area contributed by atoms with Crippen LogP contribution in [0.5, 0.6) is 5.75 Å². The summed E-state index contributed by atoms with van der Waals surface area (Å²) in [5.74, 6) is 0.703. The van der Waals surface area contributed by atoms with Crippen molar-refractivity contribution in [2.75, 3.05) is 40.0 Å². The summed E-state index contributed by atoms with van der Waals surface area (Å²) < 4.78 is 16.3. The number of nitrogens with one attached hydrogen (secondary N) is 1. The zero-order valence-corrected chi connectivity index (χ0v) is 16.8. The lowest BCUT2D eigenvalue weighted by Gasteiger charge is -2.43. The second-order valence-electron chi connectivity index (χ2n) is 8.21. The van der Waals surface area contributed by atoms with E-state index in [1.54, 1.807) is 24.1 Å². The van der Waals surface area contributed by atoms with Gasteiger partial charge in [0, 0.05) is 35.9 Å². The van der Waals surface area contributed by atoms with Crippen LogP contribution in [-0.4, -0.2) is 45.5 Å². The second kappa shape index (κ2) is 8.64. The Bertz CT molecular complexity index is 851. The van der Waals surface area contributed by atoms with Gasteiger partial charge in [-0.2, -0.15) is 0 Å². The topological polar surface area (TPSA) is 69.7 Å². The fourth-order valence-corrected chi connectivity index (χ4v) is 5.09. The molecule has 152 valence electrons. The quantitative estimate of drug-likeness (QED) is 0.707. The molecule has 0 spiro atoms. The summed E-state index contributed by atoms with van der Waals surface area (Å²) in [5, 5.41) is 3.39. The normalized spacial score (nSPS) is 20.3. The van der Waals surface area contributed by atoms with Crippen molar-refractivity contribution in [3.8, 4) is 5.75 Å². The smallest absolute Gasteiger partial charge is 0.336 e. The van der Waals surface area contributed by atoms with Crippen molar-refractivity contribution in [3.05, 3.63) is 40.2 Å². The predicted molar refractivity (Wildman–Crippen MR) is 107 cm³/mol. The third-order valence-electron chi connectivity index (χ3n) is 6.59. The van der Waals surface area contributed by atoms with Gasteiger partial charge in [-0.3, -0.25) is 0 Å². The number of fused-ring (bicyclic) bond motifs is 1. The summed E-state index contributed by atoms with van der Waals surface area (Å²) in [7, 11) is 1.62. The Morgan fingerprint density at radius 1 is 1.14 bits per heavy atom. The molecular weight excluding hydrogens is 356 g/mol. The largest absolute Gasteiger partial charge is 0.497 e. The number of morpholine rings is 1. The van der Waals surface area contributed by atoms with Gasteiger partial charge in [0.1, 0.15) is 43.1 Å². The molecule has 0 unspecified atom stereocenters. The van der Waals surface area contributed by atoms with Crippen molar-refractivity contribution in [1.82, 2.24) is 0 Å². The molecule has 3 N–H and O–H groups in total. The first-order chi connectivity index (χ1) is 13.7. The molecule has 0 bridgehead atoms. The monoisotopic (exact) mass is 388 g/mol. The van der Waals surface area contributed by atoms with Crippen LogP contribution in [0.25, 0.3) is 11.0 Å². The number of methoxy groups -OCH3 is 1. The van der Waals surface area contributed by atoms with Gasteiger partial charge in [-0.05, 0) is 25.0 Å². The third kappa shape index (κ3) is 4.09. The van der Waals surface area contributed by atoms with Gasteiger partial charge in [-0.25, -0.2) is 4.79 Å². The number of hydrogen-bond donors (Lipinski definition) is 2. The van der Waals surface area contributed by atoms with E-state index < -0.39 is 0 Å². The van der Waals surface area contributed by atoms with Gasteiger partial charge in [-0.15, -0.1) is 0 Å². The standard InChI is InChI=1S/C22H30N2O4/c1-26-18-5-6-19-17(13-21(25)28-20(19)14-18)15-23-16-22(7-3-2-4-8-22)24-9-11-27-12-10-24/h5-6,13-14,23H,2-4,7-12,15-16H2,1H3/p+2. The van der Waals surface area contributed by atoms with E-state index in [1.807, 2.05) is 12.1 Å². The van der Waals surface area contributed by atoms with Crippen LogP contribution in [0.3, 0.4) is 0 Å². The highest BCUT2D eigenvalue weighted by Crippen LogP contribution is 2.25. The molecule has 28 heavy (non-hydrogen) atoms. The number of hydrogen-bond acceptors (Lipinski definition) is 4. The molecule has 2 fully saturated rings. The van der Waals surface area contributed by atoms with Gasteiger partial charge in [0.2, 0.25) is 0 Å². The van der Waals surface area contributed by atoms with Gasteiger partial charge >= 0.3 is 5.63 Å². The van der Waals surface area contributed by atoms with E-state index in [0.29, 0.717) is 16.9 Å². The molecule has 2 aromatic rings. The van der Waals surface area contributed by atoms with Crippen molar-refractivity contribution >= 4 is 11.0 Å². The number of rotatable bonds is 6. The highest BCUT2D eigenvalue weighted by atomic mass is 16.5. The van der Waals surface area contributed by atoms with Crippen molar-refractivity contribution in [2.24, 2.45) is 0 Å². The van der Waals surface area contributed by atoms with Crippen molar-refractivity contribution in [2.45, 2.75) is 44.2 Å². The summed E-state index contributed by atoms with van der Waals surface area (Å²) >= 11 is 0. The maximum atomic E-state index is 12.0. The third-order valence-corrected chi connectivity index (χ3v) is 6.59. The summed E-state index contributed by atoms with van der Waals surface area (Å²) in [6, 6.07) is 7.34. The molecule has 1 aromatic heterocycles. The molecule has 0 atom stereocenters. The predicted octanol–water partition coefficient (Wildman–Crippen LogP) is 0.483. The minimum absolute atomic E-state index is 0.296. The van der Waals surface area contributed by atoms with Crippen LogP contribution < -0.4 is 20.6 Å². The van der Waals surface area contributed by atoms with Gasteiger partial charge in [0.05, 0.1) is 20.3 Å². The van der Waals surface area contributed by atoms with Gasteiger partial charge in [-0.1, -0.05) is 6.42 Å². The summed E-state index contributed by atoms with van der Waals surface area (Å²) in [4.78, 5) is 13.8. The Balaban J connectivity index is 1.51. The number of benzene rings is 1. The Morgan fingerprint density at radius 3 is 2.68 bits per heavy atom. The average molecular weight is 389 g/mol. The zero-order valence-electron chi connectivity index (χ0n) is 16.8. The first kappa shape index (κ1) is 19.4. The van der Waals surface area contributed by atoms with Gasteiger partial charge < -0.3 is 24.1 Å². The van der Waals surface area contributed by atoms with Crippen molar-refractivity contribution < 1.29 is 24.1 Å². The van der Waals surface area contributed by atoms with E-state index in [9.17, 15) is 4.79 Å². The summed E-state index contributed by atoms with van der Waals surface area (Å²) in [6.07, 6.45) is 6.62. The minimum Gasteiger partial charge on any atom is -0.497 e. The van der Waals surface area contributed by atoms with Gasteiger partial charge in [0.25, 0.3) is 0 Å². The van der Waals surface area contributed by atoms with Crippen LogP contribution in [-0.2, 0) is 11.3 Å². The maximum Gasteiger partial charge on any atom is 0.336 e. The number of nitrogens with two attached hydrogens (primary N) is 1. The highest BCUT2D eigenvalue weighted by molar-refractivity contribution is 5.81. The molecule has 1 aliphatic carbocycles. The molecule has 6 nitrogen and oxygen atoms in total. The molecule has 0 amide bonds. The first-order valence-corrected chi connectivity index (χ1v) is 10.6. The Kier molecular flexibility index (Phi) is 5.99. The molecular formula is C22H32N2O4+2. The maximum absolute atomic E-state index is 12.0. The molecule has 0 radical (unpaired) electrons. The molecule has 6 heteroatoms. The Hall–Kier alpha value is -1.89. The van der Waals surface area contributed by atoms with E-state index in [1.165, 1.54) is 32.1 Å². The molecule has 2 heterocycles. The van der Waals surface area contributed by atoms with E-state index in [0.717, 1.165) is 50.3 Å². The van der Waals surface area contributed by atoms with Gasteiger partial charge in [0.15, 0.2) is 0 Å². The van der Waals surface area contributed by atoms with Crippen LogP contribution in [0.15, 0.2) is 33.5 Å². The molecule has 1 aromatic carbocycles. The van der Waals surface area contributed by atoms with Crippen molar-refractivity contribution in [3.63, 3.8) is 0 Å². The summed E-state index contributed by atoms with van der Waals surface area (Å²) in [5.41, 5.74) is 1.69. The van der Waals surface area contributed by atoms with Crippen LogP contribution in [0.4, 0.5) is 0 Å². The Labute approximate surface area is 165 Å². The average Bonchev–Trinajstić information content (AvgIpc) is 2.74. The molecule has 4 rings (SSSR count). The van der Waals surface area contributed by atoms with Crippen LogP contribution in [0, 0.1) is 0 Å². The lowest BCUT2D eigenvalue weighted by molar-refractivity contribution is -0.975. The lowest BCUT2D eigenvalue weighted by Crippen LogP contribution is -3.24. The zero-order chi connectivity index (χ0) is 19.4. The van der Waals surface area contributed by atoms with E-state index in [2.05, 4.69) is 5.32 Å². The van der Waals surface area contributed by atoms with E-state index >= 15 is 0 Å². The van der Waals surface area contributed by atoms with E-state index in [-0.39, 0.29) is 5.63 Å². The fourth-order valence-electron chi connectivity index (χ4n) is 5.09. The molecule has 2 aliphatic rings. The van der Waals surface area contributed by atoms with Crippen LogP contribution in [0.1, 0.15) is 37.7 Å². The number of ether oxygens (including phenoxy) is 2.